The van der Waals surface area contributed by atoms with Crippen LogP contribution in [0, 0.1) is 0 Å². The molecule has 0 aliphatic rings. The number of ether oxygens (including phenoxy) is 1. The molecule has 0 amide bonds. The molecule has 0 aliphatic heterocycles. The average Bonchev–Trinajstić information content (AvgIpc) is 2.44. The van der Waals surface area contributed by atoms with Gasteiger partial charge in [0.05, 0.1) is 12.7 Å². The zero-order valence-electron chi connectivity index (χ0n) is 12.2. The van der Waals surface area contributed by atoms with Gasteiger partial charge in [-0.3, -0.25) is 0 Å². The Kier molecular flexibility index (Phi) is 6.62. The Hall–Kier alpha value is -2.03. The maximum Gasteiger partial charge on any atom is 0.534 e. The van der Waals surface area contributed by atoms with Gasteiger partial charge in [0.2, 0.25) is 0 Å². The van der Waals surface area contributed by atoms with Gasteiger partial charge in [-0.1, -0.05) is 30.3 Å². The van der Waals surface area contributed by atoms with Gasteiger partial charge in [-0.15, -0.1) is 0 Å². The van der Waals surface area contributed by atoms with E-state index in [4.69, 9.17) is 0 Å². The zero-order valence-corrected chi connectivity index (χ0v) is 13.0. The van der Waals surface area contributed by atoms with Crippen LogP contribution in [-0.2, 0) is 30.3 Å². The first-order valence-corrected chi connectivity index (χ1v) is 7.98. The molecule has 0 radical (unpaired) electrons. The van der Waals surface area contributed by atoms with Gasteiger partial charge in [0, 0.05) is 6.42 Å². The third kappa shape index (κ3) is 6.31. The minimum atomic E-state index is -5.84. The third-order valence-corrected chi connectivity index (χ3v) is 3.57. The molecule has 0 spiro atoms. The number of esters is 1. The highest BCUT2D eigenvalue weighted by Gasteiger charge is 2.48. The van der Waals surface area contributed by atoms with E-state index in [9.17, 15) is 26.4 Å². The van der Waals surface area contributed by atoms with Crippen LogP contribution < -0.4 is 0 Å². The van der Waals surface area contributed by atoms with Gasteiger partial charge in [0.25, 0.3) is 0 Å². The van der Waals surface area contributed by atoms with Crippen molar-refractivity contribution in [3.05, 3.63) is 47.7 Å². The van der Waals surface area contributed by atoms with Gasteiger partial charge in [-0.2, -0.15) is 21.6 Å². The summed E-state index contributed by atoms with van der Waals surface area (Å²) in [5, 5.41) is 0. The lowest BCUT2D eigenvalue weighted by atomic mass is 10.1. The van der Waals surface area contributed by atoms with Crippen LogP contribution in [0.15, 0.2) is 42.2 Å². The quantitative estimate of drug-likeness (QED) is 0.248. The second-order valence-corrected chi connectivity index (χ2v) is 5.87. The van der Waals surface area contributed by atoms with Crippen LogP contribution in [0.5, 0.6) is 0 Å². The number of alkyl halides is 3. The fourth-order valence-electron chi connectivity index (χ4n) is 1.55. The van der Waals surface area contributed by atoms with E-state index >= 15 is 0 Å². The van der Waals surface area contributed by atoms with Crippen LogP contribution in [0.1, 0.15) is 18.9 Å². The van der Waals surface area contributed by atoms with Gasteiger partial charge >= 0.3 is 21.6 Å². The van der Waals surface area contributed by atoms with Gasteiger partial charge in [0.15, 0.2) is 0 Å². The Morgan fingerprint density at radius 1 is 1.22 bits per heavy atom. The molecule has 23 heavy (non-hydrogen) atoms. The highest BCUT2D eigenvalue weighted by atomic mass is 32.2. The molecule has 0 saturated heterocycles. The molecule has 0 aromatic heterocycles. The number of halogens is 3. The predicted molar refractivity (Wildman–Crippen MR) is 75.5 cm³/mol. The lowest BCUT2D eigenvalue weighted by Gasteiger charge is -2.12. The topological polar surface area (TPSA) is 69.7 Å². The van der Waals surface area contributed by atoms with Crippen molar-refractivity contribution in [3.63, 3.8) is 0 Å². The second kappa shape index (κ2) is 8.00. The van der Waals surface area contributed by atoms with Crippen molar-refractivity contribution in [2.24, 2.45) is 0 Å². The number of hydrogen-bond acceptors (Lipinski definition) is 5. The Labute approximate surface area is 131 Å². The number of benzene rings is 1. The van der Waals surface area contributed by atoms with Crippen molar-refractivity contribution in [2.75, 3.05) is 6.61 Å². The predicted octanol–water partition coefficient (Wildman–Crippen LogP) is 2.93. The van der Waals surface area contributed by atoms with Crippen LogP contribution >= 0.6 is 0 Å². The van der Waals surface area contributed by atoms with E-state index < -0.39 is 27.4 Å². The Morgan fingerprint density at radius 2 is 1.83 bits per heavy atom. The molecule has 1 rings (SSSR count). The summed E-state index contributed by atoms with van der Waals surface area (Å²) in [6, 6.07) is 8.61. The number of carbonyl (C=O) groups excluding carboxylic acids is 1. The van der Waals surface area contributed by atoms with Crippen molar-refractivity contribution in [1.29, 1.82) is 0 Å². The van der Waals surface area contributed by atoms with Crippen LogP contribution in [0.4, 0.5) is 13.2 Å². The summed E-state index contributed by atoms with van der Waals surface area (Å²) in [6.07, 6.45) is 0.591. The number of allylic oxidation sites excluding steroid dienone is 1. The van der Waals surface area contributed by atoms with Gasteiger partial charge in [-0.05, 0) is 18.9 Å². The molecule has 9 heteroatoms. The van der Waals surface area contributed by atoms with E-state index in [-0.39, 0.29) is 19.4 Å². The fourth-order valence-corrected chi connectivity index (χ4v) is 2.06. The summed E-state index contributed by atoms with van der Waals surface area (Å²) < 4.78 is 67.9. The number of aryl methyl sites for hydroxylation is 1. The normalized spacial score (nSPS) is 12.8. The Balaban J connectivity index is 2.92. The third-order valence-electron chi connectivity index (χ3n) is 2.57. The van der Waals surface area contributed by atoms with Crippen molar-refractivity contribution >= 4 is 16.1 Å². The molecular weight excluding hydrogens is 337 g/mol. The van der Waals surface area contributed by atoms with Crippen LogP contribution in [0.2, 0.25) is 0 Å². The average molecular weight is 352 g/mol. The van der Waals surface area contributed by atoms with E-state index in [2.05, 4.69) is 8.92 Å². The first-order valence-electron chi connectivity index (χ1n) is 6.57. The summed E-state index contributed by atoms with van der Waals surface area (Å²) in [5.41, 5.74) is -4.83. The molecule has 0 N–H and O–H groups in total. The summed E-state index contributed by atoms with van der Waals surface area (Å²) in [6.45, 7) is 1.50. The number of carbonyl (C=O) groups is 1. The summed E-state index contributed by atoms with van der Waals surface area (Å²) in [4.78, 5) is 11.3. The highest BCUT2D eigenvalue weighted by molar-refractivity contribution is 7.87. The van der Waals surface area contributed by atoms with Crippen LogP contribution in [0.25, 0.3) is 0 Å². The molecule has 5 nitrogen and oxygen atoms in total. The maximum absolute atomic E-state index is 12.4. The van der Waals surface area contributed by atoms with Crippen molar-refractivity contribution < 1.29 is 35.3 Å². The molecule has 0 fully saturated rings. The van der Waals surface area contributed by atoms with Crippen molar-refractivity contribution in [3.8, 4) is 0 Å². The molecule has 1 aromatic rings. The Bertz CT molecular complexity index is 651. The summed E-state index contributed by atoms with van der Waals surface area (Å²) in [7, 11) is -5.84. The van der Waals surface area contributed by atoms with Crippen LogP contribution in [-0.4, -0.2) is 26.5 Å². The van der Waals surface area contributed by atoms with Gasteiger partial charge in [-0.25, -0.2) is 4.79 Å². The highest BCUT2D eigenvalue weighted by Crippen LogP contribution is 2.27. The van der Waals surface area contributed by atoms with Crippen molar-refractivity contribution in [1.82, 2.24) is 0 Å². The summed E-state index contributed by atoms with van der Waals surface area (Å²) in [5.74, 6) is -1.61. The van der Waals surface area contributed by atoms with E-state index in [0.29, 0.717) is 6.08 Å². The lowest BCUT2D eigenvalue weighted by Crippen LogP contribution is -2.25. The molecule has 1 aromatic carbocycles. The maximum atomic E-state index is 12.4. The summed E-state index contributed by atoms with van der Waals surface area (Å²) >= 11 is 0. The molecule has 0 saturated carbocycles. The van der Waals surface area contributed by atoms with Gasteiger partial charge in [0.1, 0.15) is 5.76 Å². The number of rotatable bonds is 7. The van der Waals surface area contributed by atoms with E-state index in [1.165, 1.54) is 6.92 Å². The van der Waals surface area contributed by atoms with Crippen molar-refractivity contribution in [2.45, 2.75) is 25.3 Å². The fraction of sp³-hybridized carbons (Fsp3) is 0.357. The second-order valence-electron chi connectivity index (χ2n) is 4.33. The smallest absolute Gasteiger partial charge is 0.463 e. The van der Waals surface area contributed by atoms with Gasteiger partial charge < -0.3 is 8.92 Å². The monoisotopic (exact) mass is 352 g/mol. The minimum absolute atomic E-state index is 0.00663. The van der Waals surface area contributed by atoms with E-state index in [1.807, 2.05) is 0 Å². The zero-order chi connectivity index (χ0) is 17.5. The Morgan fingerprint density at radius 3 is 2.35 bits per heavy atom. The standard InChI is InChI=1S/C14H15F3O5S/c1-2-21-13(18)10-12(22-23(19,20)14(15,16)17)9-8-11-6-4-3-5-7-11/h3-7,10H,2,8-9H2,1H3/b12-10+. The molecule has 0 heterocycles. The molecule has 0 aliphatic carbocycles. The van der Waals surface area contributed by atoms with E-state index in [1.54, 1.807) is 30.3 Å². The number of hydrogen-bond donors (Lipinski definition) is 0. The molecule has 0 unspecified atom stereocenters. The largest absolute Gasteiger partial charge is 0.534 e. The lowest BCUT2D eigenvalue weighted by molar-refractivity contribution is -0.137. The first kappa shape index (κ1) is 19.0. The SMILES string of the molecule is CCOC(=O)/C=C(\CCc1ccccc1)OS(=O)(=O)C(F)(F)F. The molecule has 0 atom stereocenters. The molecule has 128 valence electrons. The molecular formula is C14H15F3O5S. The van der Waals surface area contributed by atoms with E-state index in [0.717, 1.165) is 5.56 Å². The minimum Gasteiger partial charge on any atom is -0.463 e. The molecule has 0 bridgehead atoms. The first-order chi connectivity index (χ1) is 10.7. The van der Waals surface area contributed by atoms with Crippen LogP contribution in [0.3, 0.4) is 0 Å².